The maximum Gasteiger partial charge on any atom is 0.246 e. The lowest BCUT2D eigenvalue weighted by atomic mass is 9.99. The highest BCUT2D eigenvalue weighted by atomic mass is 35.5. The molecule has 2 unspecified atom stereocenters. The van der Waals surface area contributed by atoms with Crippen LogP contribution in [0.4, 0.5) is 10.1 Å². The molecule has 164 valence electrons. The highest BCUT2D eigenvalue weighted by Crippen LogP contribution is 2.45. The number of phenols is 1. The average molecular weight is 454 g/mol. The van der Waals surface area contributed by atoms with E-state index in [-0.39, 0.29) is 29.3 Å². The molecule has 1 aromatic heterocycles. The van der Waals surface area contributed by atoms with E-state index < -0.39 is 5.82 Å². The number of fused-ring (bicyclic) bond motifs is 5. The number of ether oxygens (including phenoxy) is 1. The van der Waals surface area contributed by atoms with Gasteiger partial charge in [-0.25, -0.2) is 4.39 Å². The van der Waals surface area contributed by atoms with Gasteiger partial charge in [0.2, 0.25) is 5.91 Å². The molecular weight excluding hydrogens is 433 g/mol. The minimum absolute atomic E-state index is 0.0176. The van der Waals surface area contributed by atoms with Gasteiger partial charge >= 0.3 is 0 Å². The number of rotatable bonds is 2. The third kappa shape index (κ3) is 3.15. The van der Waals surface area contributed by atoms with Gasteiger partial charge in [-0.15, -0.1) is 0 Å². The molecule has 3 aromatic rings. The molecule has 2 atom stereocenters. The Labute approximate surface area is 189 Å². The van der Waals surface area contributed by atoms with E-state index in [2.05, 4.69) is 16.5 Å². The number of hydrogen-bond donors (Lipinski definition) is 1. The fourth-order valence-electron chi connectivity index (χ4n) is 4.62. The Morgan fingerprint density at radius 2 is 2.19 bits per heavy atom. The third-order valence-corrected chi connectivity index (χ3v) is 6.49. The summed E-state index contributed by atoms with van der Waals surface area (Å²) in [4.78, 5) is 20.8. The molecular formula is C24H21ClFN3O3. The summed E-state index contributed by atoms with van der Waals surface area (Å²) in [5, 5.41) is 11.3. The number of carbonyl (C=O) groups is 1. The number of phenolic OH excluding ortho intramolecular Hbond substituents is 1. The molecule has 0 radical (unpaired) electrons. The monoisotopic (exact) mass is 453 g/mol. The molecule has 6 nitrogen and oxygen atoms in total. The van der Waals surface area contributed by atoms with E-state index in [1.54, 1.807) is 23.2 Å². The molecule has 1 saturated heterocycles. The first-order valence-electron chi connectivity index (χ1n) is 10.3. The van der Waals surface area contributed by atoms with E-state index >= 15 is 0 Å². The highest BCUT2D eigenvalue weighted by molar-refractivity contribution is 6.34. The lowest BCUT2D eigenvalue weighted by molar-refractivity contribution is -0.129. The van der Waals surface area contributed by atoms with E-state index in [4.69, 9.17) is 16.3 Å². The number of aromatic hydroxyl groups is 1. The van der Waals surface area contributed by atoms with Gasteiger partial charge in [0.15, 0.2) is 5.75 Å². The van der Waals surface area contributed by atoms with Crippen LogP contribution in [0.3, 0.4) is 0 Å². The predicted molar refractivity (Wildman–Crippen MR) is 122 cm³/mol. The normalized spacial score (nSPS) is 19.8. The van der Waals surface area contributed by atoms with Gasteiger partial charge in [-0.05, 0) is 37.3 Å². The van der Waals surface area contributed by atoms with Crippen LogP contribution in [0, 0.1) is 5.82 Å². The fraction of sp³-hybridized carbons (Fsp3) is 0.250. The Morgan fingerprint density at radius 1 is 1.38 bits per heavy atom. The van der Waals surface area contributed by atoms with Crippen LogP contribution >= 0.6 is 11.6 Å². The van der Waals surface area contributed by atoms with Crippen molar-refractivity contribution in [3.05, 3.63) is 60.0 Å². The minimum atomic E-state index is -0.565. The Morgan fingerprint density at radius 3 is 2.94 bits per heavy atom. The number of nitrogens with zero attached hydrogens (tertiary/aromatic N) is 3. The van der Waals surface area contributed by atoms with Crippen LogP contribution in [0.15, 0.2) is 49.2 Å². The van der Waals surface area contributed by atoms with Crippen LogP contribution in [-0.4, -0.2) is 52.7 Å². The summed E-state index contributed by atoms with van der Waals surface area (Å²) >= 11 is 6.58. The van der Waals surface area contributed by atoms with Crippen LogP contribution < -0.4 is 9.64 Å². The zero-order valence-electron chi connectivity index (χ0n) is 17.4. The maximum absolute atomic E-state index is 14.5. The highest BCUT2D eigenvalue weighted by Gasteiger charge is 2.38. The molecule has 0 spiro atoms. The zero-order chi connectivity index (χ0) is 22.6. The first-order chi connectivity index (χ1) is 15.4. The molecule has 32 heavy (non-hydrogen) atoms. The quantitative estimate of drug-likeness (QED) is 0.583. The third-order valence-electron chi connectivity index (χ3n) is 6.17. The van der Waals surface area contributed by atoms with E-state index in [0.29, 0.717) is 41.5 Å². The first-order valence-corrected chi connectivity index (χ1v) is 10.7. The number of aromatic nitrogens is 1. The van der Waals surface area contributed by atoms with E-state index in [9.17, 15) is 14.3 Å². The summed E-state index contributed by atoms with van der Waals surface area (Å²) in [6, 6.07) is 7.51. The summed E-state index contributed by atoms with van der Waals surface area (Å²) in [5.41, 5.74) is 1.87. The Hall–Kier alpha value is -3.32. The van der Waals surface area contributed by atoms with Crippen LogP contribution in [0.1, 0.15) is 6.92 Å². The number of hydrogen-bond acceptors (Lipinski definition) is 5. The largest absolute Gasteiger partial charge is 0.507 e. The summed E-state index contributed by atoms with van der Waals surface area (Å²) < 4.78 is 20.5. The molecule has 1 fully saturated rings. The maximum atomic E-state index is 14.5. The molecule has 0 aliphatic carbocycles. The van der Waals surface area contributed by atoms with E-state index in [1.165, 1.54) is 24.3 Å². The smallest absolute Gasteiger partial charge is 0.246 e. The van der Waals surface area contributed by atoms with E-state index in [0.717, 1.165) is 11.1 Å². The summed E-state index contributed by atoms with van der Waals surface area (Å²) in [5.74, 6) is -0.212. The first kappa shape index (κ1) is 20.6. The molecule has 1 amide bonds. The van der Waals surface area contributed by atoms with Crippen molar-refractivity contribution in [2.45, 2.75) is 19.0 Å². The number of pyridine rings is 1. The molecule has 3 heterocycles. The Balaban J connectivity index is 1.63. The second-order valence-electron chi connectivity index (χ2n) is 8.12. The SMILES string of the molecule is C=CC(=O)N1CC2COc3cnc4cc(-c5c(O)cccc5F)c(Cl)cc4c3N2CC1C. The predicted octanol–water partition coefficient (Wildman–Crippen LogP) is 4.38. The fourth-order valence-corrected chi connectivity index (χ4v) is 4.88. The number of anilines is 1. The summed E-state index contributed by atoms with van der Waals surface area (Å²) in [7, 11) is 0. The number of piperazine rings is 1. The van der Waals surface area contributed by atoms with Gasteiger partial charge in [-0.3, -0.25) is 9.78 Å². The number of benzene rings is 2. The van der Waals surface area contributed by atoms with Crippen molar-refractivity contribution in [3.8, 4) is 22.6 Å². The van der Waals surface area contributed by atoms with E-state index in [1.807, 2.05) is 6.92 Å². The van der Waals surface area contributed by atoms with Crippen LogP contribution in [0.25, 0.3) is 22.0 Å². The number of amides is 1. The standard InChI is InChI=1S/C24H21ClFN3O3/c1-3-22(31)28-11-14-12-32-21-9-27-19-8-15(23-18(26)5-4-6-20(23)30)17(25)7-16(19)24(21)29(14)10-13(28)2/h3-9,13-14,30H,1,10-12H2,2H3. The van der Waals surface area contributed by atoms with Crippen molar-refractivity contribution < 1.29 is 19.0 Å². The van der Waals surface area contributed by atoms with Crippen molar-refractivity contribution in [1.82, 2.24) is 9.88 Å². The second kappa shape index (κ2) is 7.67. The molecule has 0 bridgehead atoms. The van der Waals surface area contributed by atoms with Crippen LogP contribution in [0.5, 0.6) is 11.5 Å². The van der Waals surface area contributed by atoms with Gasteiger partial charge in [0, 0.05) is 35.1 Å². The van der Waals surface area contributed by atoms with Crippen LogP contribution in [0.2, 0.25) is 5.02 Å². The molecule has 8 heteroatoms. The summed E-state index contributed by atoms with van der Waals surface area (Å²) in [6.45, 7) is 7.17. The zero-order valence-corrected chi connectivity index (χ0v) is 18.1. The lowest BCUT2D eigenvalue weighted by Gasteiger charge is -2.48. The Kier molecular flexibility index (Phi) is 4.93. The molecule has 5 rings (SSSR count). The van der Waals surface area contributed by atoms with Crippen LogP contribution in [-0.2, 0) is 4.79 Å². The second-order valence-corrected chi connectivity index (χ2v) is 8.52. The lowest BCUT2D eigenvalue weighted by Crippen LogP contribution is -2.61. The topological polar surface area (TPSA) is 65.9 Å². The average Bonchev–Trinajstić information content (AvgIpc) is 2.78. The molecule has 0 saturated carbocycles. The Bertz CT molecular complexity index is 1240. The minimum Gasteiger partial charge on any atom is -0.507 e. The van der Waals surface area contributed by atoms with Crippen molar-refractivity contribution in [2.75, 3.05) is 24.6 Å². The van der Waals surface area contributed by atoms with Gasteiger partial charge in [-0.2, -0.15) is 0 Å². The van der Waals surface area contributed by atoms with Gasteiger partial charge in [0.05, 0.1) is 29.0 Å². The number of carbonyl (C=O) groups excluding carboxylic acids is 1. The van der Waals surface area contributed by atoms with Gasteiger partial charge < -0.3 is 19.6 Å². The van der Waals surface area contributed by atoms with Gasteiger partial charge in [-0.1, -0.05) is 24.2 Å². The molecule has 2 aromatic carbocycles. The molecule has 2 aliphatic rings. The van der Waals surface area contributed by atoms with Crippen molar-refractivity contribution in [2.24, 2.45) is 0 Å². The molecule has 1 N–H and O–H groups in total. The van der Waals surface area contributed by atoms with Crippen molar-refractivity contribution >= 4 is 34.1 Å². The van der Waals surface area contributed by atoms with Gasteiger partial charge in [0.25, 0.3) is 0 Å². The van der Waals surface area contributed by atoms with Gasteiger partial charge in [0.1, 0.15) is 18.2 Å². The summed E-state index contributed by atoms with van der Waals surface area (Å²) in [6.07, 6.45) is 2.99. The molecule has 2 aliphatic heterocycles. The van der Waals surface area contributed by atoms with Crippen molar-refractivity contribution in [3.63, 3.8) is 0 Å². The van der Waals surface area contributed by atoms with Crippen molar-refractivity contribution in [1.29, 1.82) is 0 Å². The number of halogens is 2.